The number of aliphatic imine (C=N–C) groups is 1. The Kier molecular flexibility index (Phi) is 6.26. The van der Waals surface area contributed by atoms with Crippen molar-refractivity contribution in [2.45, 2.75) is 20.3 Å². The van der Waals surface area contributed by atoms with Gasteiger partial charge in [0.1, 0.15) is 0 Å². The summed E-state index contributed by atoms with van der Waals surface area (Å²) in [5, 5.41) is 10.6. The molecule has 8 heteroatoms. The van der Waals surface area contributed by atoms with Crippen LogP contribution in [0.3, 0.4) is 0 Å². The SMILES string of the molecule is C=CN=Cc1ccn(-c2nc3cc(C)c(CC(=O)O)c(-c4ccc(Cl)cc4)c3s2)c(=O)c1C. The molecular weight excluding hydrogens is 458 g/mol. The van der Waals surface area contributed by atoms with Crippen LogP contribution in [0.2, 0.25) is 5.02 Å². The zero-order valence-corrected chi connectivity index (χ0v) is 19.6. The Morgan fingerprint density at radius 1 is 1.27 bits per heavy atom. The van der Waals surface area contributed by atoms with Gasteiger partial charge in [0, 0.05) is 40.3 Å². The van der Waals surface area contributed by atoms with Gasteiger partial charge in [-0.1, -0.05) is 41.6 Å². The zero-order valence-electron chi connectivity index (χ0n) is 18.0. The van der Waals surface area contributed by atoms with Crippen molar-refractivity contribution >= 4 is 45.3 Å². The quantitative estimate of drug-likeness (QED) is 0.368. The minimum Gasteiger partial charge on any atom is -0.481 e. The lowest BCUT2D eigenvalue weighted by Gasteiger charge is -2.13. The van der Waals surface area contributed by atoms with Crippen LogP contribution in [-0.2, 0) is 11.2 Å². The van der Waals surface area contributed by atoms with E-state index in [9.17, 15) is 14.7 Å². The van der Waals surface area contributed by atoms with Crippen molar-refractivity contribution in [3.8, 4) is 16.3 Å². The van der Waals surface area contributed by atoms with Crippen LogP contribution in [0.4, 0.5) is 0 Å². The number of carboxylic acids is 1. The highest BCUT2D eigenvalue weighted by molar-refractivity contribution is 7.21. The molecular formula is C25H20ClN3O3S. The zero-order chi connectivity index (χ0) is 23.7. The predicted octanol–water partition coefficient (Wildman–Crippen LogP) is 5.57. The number of aliphatic carboxylic acids is 1. The van der Waals surface area contributed by atoms with Gasteiger partial charge in [-0.3, -0.25) is 19.1 Å². The van der Waals surface area contributed by atoms with Gasteiger partial charge >= 0.3 is 5.97 Å². The first kappa shape index (κ1) is 22.6. The molecule has 4 rings (SSSR count). The molecule has 0 aliphatic heterocycles. The maximum atomic E-state index is 13.1. The van der Waals surface area contributed by atoms with Crippen molar-refractivity contribution in [2.75, 3.05) is 0 Å². The monoisotopic (exact) mass is 477 g/mol. The third-order valence-electron chi connectivity index (χ3n) is 5.36. The second-order valence-corrected chi connectivity index (χ2v) is 8.92. The first-order valence-corrected chi connectivity index (χ1v) is 11.3. The normalized spacial score (nSPS) is 11.4. The van der Waals surface area contributed by atoms with Crippen LogP contribution in [0.5, 0.6) is 0 Å². The van der Waals surface area contributed by atoms with Gasteiger partial charge in [-0.2, -0.15) is 0 Å². The molecule has 0 saturated heterocycles. The number of nitrogens with zero attached hydrogens (tertiary/aromatic N) is 3. The molecule has 4 aromatic rings. The third kappa shape index (κ3) is 4.37. The molecule has 2 heterocycles. The Labute approximate surface area is 199 Å². The largest absolute Gasteiger partial charge is 0.481 e. The van der Waals surface area contributed by atoms with E-state index in [4.69, 9.17) is 16.6 Å². The molecule has 0 fully saturated rings. The second kappa shape index (κ2) is 9.13. The molecule has 33 heavy (non-hydrogen) atoms. The lowest BCUT2D eigenvalue weighted by molar-refractivity contribution is -0.136. The van der Waals surface area contributed by atoms with Gasteiger partial charge in [-0.25, -0.2) is 4.98 Å². The fraction of sp³-hybridized carbons (Fsp3) is 0.120. The molecule has 0 aliphatic rings. The molecule has 1 N–H and O–H groups in total. The van der Waals surface area contributed by atoms with Crippen molar-refractivity contribution in [3.05, 3.63) is 93.0 Å². The number of halogens is 1. The van der Waals surface area contributed by atoms with Crippen LogP contribution >= 0.6 is 22.9 Å². The van der Waals surface area contributed by atoms with Crippen LogP contribution in [0.25, 0.3) is 26.5 Å². The van der Waals surface area contributed by atoms with Gasteiger partial charge in [0.2, 0.25) is 0 Å². The summed E-state index contributed by atoms with van der Waals surface area (Å²) in [5.74, 6) is -0.916. The van der Waals surface area contributed by atoms with Crippen molar-refractivity contribution < 1.29 is 9.90 Å². The number of aromatic nitrogens is 2. The lowest BCUT2D eigenvalue weighted by Crippen LogP contribution is -2.21. The summed E-state index contributed by atoms with van der Waals surface area (Å²) in [6.45, 7) is 7.17. The Bertz CT molecular complexity index is 1480. The number of pyridine rings is 1. The Morgan fingerprint density at radius 2 is 2.00 bits per heavy atom. The van der Waals surface area contributed by atoms with Crippen LogP contribution in [0.15, 0.2) is 65.2 Å². The van der Waals surface area contributed by atoms with Gasteiger partial charge in [0.25, 0.3) is 5.56 Å². The molecule has 0 radical (unpaired) electrons. The summed E-state index contributed by atoms with van der Waals surface area (Å²) in [7, 11) is 0. The molecule has 166 valence electrons. The summed E-state index contributed by atoms with van der Waals surface area (Å²) in [6, 6.07) is 11.0. The van der Waals surface area contributed by atoms with Gasteiger partial charge in [0.15, 0.2) is 5.13 Å². The number of thiazole rings is 1. The molecule has 2 aromatic heterocycles. The molecule has 0 amide bonds. The van der Waals surface area contributed by atoms with Gasteiger partial charge < -0.3 is 5.11 Å². The number of carbonyl (C=O) groups is 1. The van der Waals surface area contributed by atoms with Crippen molar-refractivity contribution in [3.63, 3.8) is 0 Å². The number of hydrogen-bond acceptors (Lipinski definition) is 5. The molecule has 0 atom stereocenters. The van der Waals surface area contributed by atoms with E-state index in [1.54, 1.807) is 37.5 Å². The highest BCUT2D eigenvalue weighted by Gasteiger charge is 2.20. The fourth-order valence-electron chi connectivity index (χ4n) is 3.70. The van der Waals surface area contributed by atoms with E-state index in [0.717, 1.165) is 21.4 Å². The highest BCUT2D eigenvalue weighted by Crippen LogP contribution is 2.39. The average molecular weight is 478 g/mol. The van der Waals surface area contributed by atoms with E-state index in [-0.39, 0.29) is 12.0 Å². The molecule has 0 spiro atoms. The molecule has 6 nitrogen and oxygen atoms in total. The summed E-state index contributed by atoms with van der Waals surface area (Å²) < 4.78 is 2.32. The Morgan fingerprint density at radius 3 is 2.67 bits per heavy atom. The predicted molar refractivity (Wildman–Crippen MR) is 134 cm³/mol. The summed E-state index contributed by atoms with van der Waals surface area (Å²) in [4.78, 5) is 33.4. The first-order valence-electron chi connectivity index (χ1n) is 10.1. The Hall–Kier alpha value is -3.55. The molecule has 2 aromatic carbocycles. The van der Waals surface area contributed by atoms with E-state index in [1.165, 1.54) is 22.1 Å². The Balaban J connectivity index is 1.97. The maximum Gasteiger partial charge on any atom is 0.307 e. The second-order valence-electron chi connectivity index (χ2n) is 7.50. The number of hydrogen-bond donors (Lipinski definition) is 1. The minimum atomic E-state index is -0.916. The van der Waals surface area contributed by atoms with Crippen molar-refractivity contribution in [1.29, 1.82) is 0 Å². The molecule has 0 saturated carbocycles. The fourth-order valence-corrected chi connectivity index (χ4v) is 4.95. The molecule has 0 aliphatic carbocycles. The molecule has 0 bridgehead atoms. The number of carboxylic acid groups (broad SMARTS) is 1. The van der Waals surface area contributed by atoms with Crippen LogP contribution in [-0.4, -0.2) is 26.8 Å². The summed E-state index contributed by atoms with van der Waals surface area (Å²) in [5.41, 5.74) is 4.94. The van der Waals surface area contributed by atoms with E-state index in [0.29, 0.717) is 32.4 Å². The average Bonchev–Trinajstić information content (AvgIpc) is 3.19. The molecule has 0 unspecified atom stereocenters. The topological polar surface area (TPSA) is 84.6 Å². The van der Waals surface area contributed by atoms with Crippen LogP contribution in [0, 0.1) is 13.8 Å². The van der Waals surface area contributed by atoms with Gasteiger partial charge in [0.05, 0.1) is 16.6 Å². The number of aryl methyl sites for hydroxylation is 1. The van der Waals surface area contributed by atoms with Gasteiger partial charge in [-0.05, 0) is 54.8 Å². The highest BCUT2D eigenvalue weighted by atomic mass is 35.5. The van der Waals surface area contributed by atoms with E-state index >= 15 is 0 Å². The van der Waals surface area contributed by atoms with Crippen molar-refractivity contribution in [2.24, 2.45) is 4.99 Å². The van der Waals surface area contributed by atoms with E-state index in [1.807, 2.05) is 25.1 Å². The number of fused-ring (bicyclic) bond motifs is 1. The lowest BCUT2D eigenvalue weighted by atomic mass is 9.93. The van der Waals surface area contributed by atoms with Crippen LogP contribution < -0.4 is 5.56 Å². The number of benzene rings is 2. The van der Waals surface area contributed by atoms with E-state index in [2.05, 4.69) is 11.6 Å². The third-order valence-corrected chi connectivity index (χ3v) is 6.70. The van der Waals surface area contributed by atoms with Crippen LogP contribution in [0.1, 0.15) is 22.3 Å². The van der Waals surface area contributed by atoms with Crippen molar-refractivity contribution in [1.82, 2.24) is 9.55 Å². The maximum absolute atomic E-state index is 13.1. The smallest absolute Gasteiger partial charge is 0.307 e. The first-order chi connectivity index (χ1) is 15.8. The standard InChI is InChI=1S/C25H20ClN3O3S/c1-4-27-13-17-9-10-29(24(32)15(17)3)25-28-20-11-14(2)19(12-21(30)31)22(23(20)33-25)16-5-7-18(26)8-6-16/h4-11,13H,1,12H2,2-3H3,(H,30,31). The van der Waals surface area contributed by atoms with Gasteiger partial charge in [-0.15, -0.1) is 0 Å². The number of rotatable bonds is 6. The van der Waals surface area contributed by atoms with E-state index < -0.39 is 5.97 Å². The minimum absolute atomic E-state index is 0.122. The summed E-state index contributed by atoms with van der Waals surface area (Å²) in [6.07, 6.45) is 4.55. The summed E-state index contributed by atoms with van der Waals surface area (Å²) >= 11 is 7.43.